The van der Waals surface area contributed by atoms with Gasteiger partial charge < -0.3 is 16.0 Å². The van der Waals surface area contributed by atoms with Gasteiger partial charge in [-0.1, -0.05) is 15.9 Å². The lowest BCUT2D eigenvalue weighted by Crippen LogP contribution is -2.38. The normalized spacial score (nSPS) is 14.5. The first-order valence-corrected chi connectivity index (χ1v) is 8.54. The van der Waals surface area contributed by atoms with Crippen molar-refractivity contribution in [3.63, 3.8) is 0 Å². The number of nitrogens with zero attached hydrogens (tertiary/aromatic N) is 1. The van der Waals surface area contributed by atoms with Gasteiger partial charge in [-0.2, -0.15) is 0 Å². The molecule has 0 spiro atoms. The Morgan fingerprint density at radius 2 is 2.00 bits per heavy atom. The number of nitrogens with one attached hydrogen (secondary N) is 3. The highest BCUT2D eigenvalue weighted by atomic mass is 79.9. The zero-order valence-corrected chi connectivity index (χ0v) is 14.4. The van der Waals surface area contributed by atoms with Crippen LogP contribution in [0, 0.1) is 5.92 Å². The van der Waals surface area contributed by atoms with Crippen molar-refractivity contribution in [2.24, 2.45) is 10.9 Å². The lowest BCUT2D eigenvalue weighted by atomic mass is 10.3. The number of halogens is 1. The van der Waals surface area contributed by atoms with E-state index in [1.165, 1.54) is 12.8 Å². The van der Waals surface area contributed by atoms with E-state index in [0.29, 0.717) is 13.0 Å². The molecule has 6 heteroatoms. The van der Waals surface area contributed by atoms with Gasteiger partial charge in [0.05, 0.1) is 0 Å². The lowest BCUT2D eigenvalue weighted by molar-refractivity contribution is -0.116. The van der Waals surface area contributed by atoms with E-state index in [9.17, 15) is 4.79 Å². The minimum Gasteiger partial charge on any atom is -0.357 e. The number of rotatable bonds is 7. The fourth-order valence-electron chi connectivity index (χ4n) is 1.91. The molecule has 1 aromatic rings. The molecule has 5 nitrogen and oxygen atoms in total. The Bertz CT molecular complexity index is 511. The number of aliphatic imine (C=N–C) groups is 1. The van der Waals surface area contributed by atoms with E-state index < -0.39 is 0 Å². The maximum absolute atomic E-state index is 11.9. The molecule has 1 saturated carbocycles. The molecule has 0 unspecified atom stereocenters. The molecule has 2 rings (SSSR count). The molecule has 1 aliphatic rings. The minimum atomic E-state index is -0.00661. The fraction of sp³-hybridized carbons (Fsp3) is 0.500. The first kappa shape index (κ1) is 16.8. The molecule has 0 aromatic heterocycles. The summed E-state index contributed by atoms with van der Waals surface area (Å²) in [6, 6.07) is 7.55. The Morgan fingerprint density at radius 3 is 2.64 bits per heavy atom. The number of carbonyl (C=O) groups excluding carboxylic acids is 1. The van der Waals surface area contributed by atoms with Gasteiger partial charge in [-0.25, -0.2) is 0 Å². The van der Waals surface area contributed by atoms with E-state index in [0.717, 1.165) is 35.1 Å². The third-order valence-electron chi connectivity index (χ3n) is 3.32. The molecule has 1 fully saturated rings. The Balaban J connectivity index is 1.69. The molecule has 0 saturated heterocycles. The zero-order chi connectivity index (χ0) is 15.8. The molecule has 22 heavy (non-hydrogen) atoms. The van der Waals surface area contributed by atoms with Crippen molar-refractivity contribution in [3.8, 4) is 0 Å². The van der Waals surface area contributed by atoms with Crippen LogP contribution in [-0.4, -0.2) is 31.5 Å². The van der Waals surface area contributed by atoms with Crippen LogP contribution < -0.4 is 16.0 Å². The predicted octanol–water partition coefficient (Wildman–Crippen LogP) is 2.74. The van der Waals surface area contributed by atoms with Crippen molar-refractivity contribution in [3.05, 3.63) is 28.7 Å². The molecule has 0 heterocycles. The van der Waals surface area contributed by atoms with Crippen LogP contribution in [0.25, 0.3) is 0 Å². The van der Waals surface area contributed by atoms with Crippen molar-refractivity contribution in [2.45, 2.75) is 26.2 Å². The molecular formula is C16H23BrN4O. The van der Waals surface area contributed by atoms with Crippen molar-refractivity contribution >= 4 is 33.5 Å². The highest BCUT2D eigenvalue weighted by molar-refractivity contribution is 9.10. The second-order valence-corrected chi connectivity index (χ2v) is 6.31. The Kier molecular flexibility index (Phi) is 6.71. The number of carbonyl (C=O) groups is 1. The number of benzene rings is 1. The third-order valence-corrected chi connectivity index (χ3v) is 3.85. The smallest absolute Gasteiger partial charge is 0.226 e. The summed E-state index contributed by atoms with van der Waals surface area (Å²) in [7, 11) is 0. The van der Waals surface area contributed by atoms with Gasteiger partial charge in [-0.3, -0.25) is 9.79 Å². The van der Waals surface area contributed by atoms with E-state index in [1.807, 2.05) is 31.2 Å². The number of anilines is 1. The monoisotopic (exact) mass is 366 g/mol. The summed E-state index contributed by atoms with van der Waals surface area (Å²) in [6.45, 7) is 4.30. The van der Waals surface area contributed by atoms with E-state index in [4.69, 9.17) is 0 Å². The van der Waals surface area contributed by atoms with Crippen LogP contribution in [0.4, 0.5) is 5.69 Å². The van der Waals surface area contributed by atoms with Crippen LogP contribution in [-0.2, 0) is 4.79 Å². The van der Waals surface area contributed by atoms with Crippen molar-refractivity contribution in [1.29, 1.82) is 0 Å². The molecule has 3 N–H and O–H groups in total. The standard InChI is InChI=1S/C16H23BrN4O/c1-2-18-16(20-11-12-3-4-12)19-10-9-15(22)21-14-7-5-13(17)6-8-14/h5-8,12H,2-4,9-11H2,1H3,(H,21,22)(H2,18,19,20). The maximum Gasteiger partial charge on any atom is 0.226 e. The Hall–Kier alpha value is -1.56. The van der Waals surface area contributed by atoms with Crippen molar-refractivity contribution in [1.82, 2.24) is 10.6 Å². The number of guanidine groups is 1. The molecule has 0 radical (unpaired) electrons. The summed E-state index contributed by atoms with van der Waals surface area (Å²) in [4.78, 5) is 16.4. The molecule has 120 valence electrons. The summed E-state index contributed by atoms with van der Waals surface area (Å²) < 4.78 is 0.995. The fourth-order valence-corrected chi connectivity index (χ4v) is 2.18. The van der Waals surface area contributed by atoms with Crippen LogP contribution in [0.1, 0.15) is 26.2 Å². The largest absolute Gasteiger partial charge is 0.357 e. The minimum absolute atomic E-state index is 0.00661. The van der Waals surface area contributed by atoms with Gasteiger partial charge in [0.1, 0.15) is 0 Å². The van der Waals surface area contributed by atoms with Gasteiger partial charge in [-0.05, 0) is 49.9 Å². The summed E-state index contributed by atoms with van der Waals surface area (Å²) in [5.41, 5.74) is 0.808. The number of hydrogen-bond donors (Lipinski definition) is 3. The van der Waals surface area contributed by atoms with Crippen LogP contribution >= 0.6 is 15.9 Å². The molecular weight excluding hydrogens is 344 g/mol. The average Bonchev–Trinajstić information content (AvgIpc) is 3.31. The highest BCUT2D eigenvalue weighted by Crippen LogP contribution is 2.28. The van der Waals surface area contributed by atoms with Gasteiger partial charge in [0, 0.05) is 36.2 Å². The summed E-state index contributed by atoms with van der Waals surface area (Å²) >= 11 is 3.37. The highest BCUT2D eigenvalue weighted by Gasteiger charge is 2.20. The van der Waals surface area contributed by atoms with Gasteiger partial charge in [0.25, 0.3) is 0 Å². The number of amides is 1. The van der Waals surface area contributed by atoms with E-state index in [1.54, 1.807) is 0 Å². The second kappa shape index (κ2) is 8.78. The first-order valence-electron chi connectivity index (χ1n) is 7.75. The van der Waals surface area contributed by atoms with E-state index in [-0.39, 0.29) is 5.91 Å². The topological polar surface area (TPSA) is 65.5 Å². The quantitative estimate of drug-likeness (QED) is 0.513. The van der Waals surface area contributed by atoms with Crippen LogP contribution in [0.3, 0.4) is 0 Å². The molecule has 0 bridgehead atoms. The van der Waals surface area contributed by atoms with Crippen molar-refractivity contribution < 1.29 is 4.79 Å². The molecule has 1 amide bonds. The maximum atomic E-state index is 11.9. The zero-order valence-electron chi connectivity index (χ0n) is 12.9. The summed E-state index contributed by atoms with van der Waals surface area (Å²) in [6.07, 6.45) is 2.99. The van der Waals surface area contributed by atoms with Gasteiger partial charge in [0.15, 0.2) is 5.96 Å². The van der Waals surface area contributed by atoms with E-state index in [2.05, 4.69) is 36.9 Å². The Labute approximate surface area is 140 Å². The van der Waals surface area contributed by atoms with Crippen LogP contribution in [0.5, 0.6) is 0 Å². The van der Waals surface area contributed by atoms with E-state index >= 15 is 0 Å². The Morgan fingerprint density at radius 1 is 1.27 bits per heavy atom. The van der Waals surface area contributed by atoms with Crippen LogP contribution in [0.2, 0.25) is 0 Å². The lowest BCUT2D eigenvalue weighted by Gasteiger charge is -2.11. The molecule has 0 aliphatic heterocycles. The third kappa shape index (κ3) is 6.47. The molecule has 1 aliphatic carbocycles. The van der Waals surface area contributed by atoms with Gasteiger partial charge >= 0.3 is 0 Å². The van der Waals surface area contributed by atoms with Crippen LogP contribution in [0.15, 0.2) is 33.7 Å². The molecule has 1 aromatic carbocycles. The average molecular weight is 367 g/mol. The molecule has 0 atom stereocenters. The van der Waals surface area contributed by atoms with Gasteiger partial charge in [-0.15, -0.1) is 0 Å². The predicted molar refractivity (Wildman–Crippen MR) is 94.1 cm³/mol. The summed E-state index contributed by atoms with van der Waals surface area (Å²) in [5.74, 6) is 1.55. The number of hydrogen-bond acceptors (Lipinski definition) is 2. The first-order chi connectivity index (χ1) is 10.7. The van der Waals surface area contributed by atoms with Crippen molar-refractivity contribution in [2.75, 3.05) is 25.0 Å². The van der Waals surface area contributed by atoms with Gasteiger partial charge in [0.2, 0.25) is 5.91 Å². The second-order valence-electron chi connectivity index (χ2n) is 5.39. The SMILES string of the molecule is CCNC(=NCC1CC1)NCCC(=O)Nc1ccc(Br)cc1. The summed E-state index contributed by atoms with van der Waals surface area (Å²) in [5, 5.41) is 9.27.